The molecule has 3 aromatic rings. The molecular formula is C24H25FN4O2. The van der Waals surface area contributed by atoms with Gasteiger partial charge in [0, 0.05) is 37.3 Å². The van der Waals surface area contributed by atoms with Crippen LogP contribution in [0.25, 0.3) is 0 Å². The summed E-state index contributed by atoms with van der Waals surface area (Å²) in [6, 6.07) is 13.8. The zero-order chi connectivity index (χ0) is 22.0. The molecule has 160 valence electrons. The van der Waals surface area contributed by atoms with Crippen molar-refractivity contribution in [3.05, 3.63) is 77.4 Å². The SMILES string of the molecule is Cc1cc(F)ccc1Oc1cc(N2CCN(C(=O)c3ccccc3C)C(C)C2)ncn1. The number of halogens is 1. The van der Waals surface area contributed by atoms with Crippen molar-refractivity contribution < 1.29 is 13.9 Å². The molecule has 4 rings (SSSR count). The third kappa shape index (κ3) is 4.50. The van der Waals surface area contributed by atoms with Gasteiger partial charge in [0.25, 0.3) is 5.91 Å². The molecule has 1 aliphatic heterocycles. The minimum atomic E-state index is -0.305. The van der Waals surface area contributed by atoms with Crippen LogP contribution in [0.15, 0.2) is 54.9 Å². The fraction of sp³-hybridized carbons (Fsp3) is 0.292. The summed E-state index contributed by atoms with van der Waals surface area (Å²) >= 11 is 0. The number of benzene rings is 2. The number of aromatic nitrogens is 2. The van der Waals surface area contributed by atoms with E-state index in [1.54, 1.807) is 19.1 Å². The molecule has 0 saturated carbocycles. The monoisotopic (exact) mass is 420 g/mol. The number of aryl methyl sites for hydroxylation is 2. The number of amides is 1. The smallest absolute Gasteiger partial charge is 0.254 e. The number of hydrogen-bond acceptors (Lipinski definition) is 5. The first kappa shape index (κ1) is 20.8. The van der Waals surface area contributed by atoms with Gasteiger partial charge in [-0.1, -0.05) is 18.2 Å². The van der Waals surface area contributed by atoms with Crippen molar-refractivity contribution in [2.45, 2.75) is 26.8 Å². The lowest BCUT2D eigenvalue weighted by atomic mass is 10.1. The lowest BCUT2D eigenvalue weighted by molar-refractivity contribution is 0.0673. The third-order valence-corrected chi connectivity index (χ3v) is 5.57. The second-order valence-electron chi connectivity index (χ2n) is 7.83. The third-order valence-electron chi connectivity index (χ3n) is 5.57. The van der Waals surface area contributed by atoms with E-state index in [0.29, 0.717) is 36.8 Å². The van der Waals surface area contributed by atoms with Gasteiger partial charge < -0.3 is 14.5 Å². The summed E-state index contributed by atoms with van der Waals surface area (Å²) in [7, 11) is 0. The van der Waals surface area contributed by atoms with E-state index in [1.165, 1.54) is 18.5 Å². The molecule has 0 radical (unpaired) electrons. The summed E-state index contributed by atoms with van der Waals surface area (Å²) < 4.78 is 19.2. The lowest BCUT2D eigenvalue weighted by Crippen LogP contribution is -2.54. The number of anilines is 1. The van der Waals surface area contributed by atoms with Gasteiger partial charge >= 0.3 is 0 Å². The van der Waals surface area contributed by atoms with Crippen LogP contribution < -0.4 is 9.64 Å². The lowest BCUT2D eigenvalue weighted by Gasteiger charge is -2.40. The van der Waals surface area contributed by atoms with Gasteiger partial charge in [0.15, 0.2) is 0 Å². The molecule has 1 amide bonds. The zero-order valence-corrected chi connectivity index (χ0v) is 17.9. The molecular weight excluding hydrogens is 395 g/mol. The van der Waals surface area contributed by atoms with Crippen LogP contribution in [0.5, 0.6) is 11.6 Å². The average molecular weight is 420 g/mol. The van der Waals surface area contributed by atoms with E-state index in [9.17, 15) is 9.18 Å². The van der Waals surface area contributed by atoms with E-state index in [4.69, 9.17) is 4.74 Å². The Labute approximate surface area is 181 Å². The van der Waals surface area contributed by atoms with Crippen molar-refractivity contribution in [2.75, 3.05) is 24.5 Å². The first-order chi connectivity index (χ1) is 14.9. The molecule has 1 aromatic heterocycles. The summed E-state index contributed by atoms with van der Waals surface area (Å²) in [5.74, 6) is 1.43. The fourth-order valence-electron chi connectivity index (χ4n) is 3.83. The van der Waals surface area contributed by atoms with Gasteiger partial charge in [0.2, 0.25) is 5.88 Å². The molecule has 0 bridgehead atoms. The van der Waals surface area contributed by atoms with Crippen LogP contribution in [-0.2, 0) is 0 Å². The number of ether oxygens (including phenoxy) is 1. The van der Waals surface area contributed by atoms with Gasteiger partial charge in [0.05, 0.1) is 0 Å². The molecule has 1 aliphatic rings. The first-order valence-corrected chi connectivity index (χ1v) is 10.3. The standard InChI is InChI=1S/C24H25FN4O2/c1-16-6-4-5-7-20(16)24(30)29-11-10-28(14-18(29)3)22-13-23(27-15-26-22)31-21-9-8-19(25)12-17(21)2/h4-9,12-13,15,18H,10-11,14H2,1-3H3. The topological polar surface area (TPSA) is 58.6 Å². The Morgan fingerprint density at radius 1 is 1.06 bits per heavy atom. The minimum absolute atomic E-state index is 0.0273. The summed E-state index contributed by atoms with van der Waals surface area (Å²) in [6.45, 7) is 7.71. The Hall–Kier alpha value is -3.48. The van der Waals surface area contributed by atoms with Gasteiger partial charge in [-0.15, -0.1) is 0 Å². The van der Waals surface area contributed by atoms with Crippen LogP contribution in [0.3, 0.4) is 0 Å². The molecule has 1 atom stereocenters. The van der Waals surface area contributed by atoms with Crippen LogP contribution >= 0.6 is 0 Å². The average Bonchev–Trinajstić information content (AvgIpc) is 2.76. The highest BCUT2D eigenvalue weighted by Gasteiger charge is 2.29. The molecule has 31 heavy (non-hydrogen) atoms. The molecule has 0 spiro atoms. The van der Waals surface area contributed by atoms with E-state index < -0.39 is 0 Å². The predicted octanol–water partition coefficient (Wildman–Crippen LogP) is 4.38. The molecule has 0 aliphatic carbocycles. The first-order valence-electron chi connectivity index (χ1n) is 10.3. The Kier molecular flexibility index (Phi) is 5.84. The van der Waals surface area contributed by atoms with Crippen molar-refractivity contribution in [3.8, 4) is 11.6 Å². The van der Waals surface area contributed by atoms with E-state index in [0.717, 1.165) is 16.9 Å². The van der Waals surface area contributed by atoms with E-state index in [-0.39, 0.29) is 17.8 Å². The van der Waals surface area contributed by atoms with E-state index in [2.05, 4.69) is 14.9 Å². The van der Waals surface area contributed by atoms with Gasteiger partial charge in [-0.2, -0.15) is 0 Å². The van der Waals surface area contributed by atoms with Crippen molar-refractivity contribution in [2.24, 2.45) is 0 Å². The molecule has 6 nitrogen and oxygen atoms in total. The largest absolute Gasteiger partial charge is 0.439 e. The van der Waals surface area contributed by atoms with Gasteiger partial charge in [-0.25, -0.2) is 14.4 Å². The number of piperazine rings is 1. The van der Waals surface area contributed by atoms with Crippen LogP contribution in [-0.4, -0.2) is 46.5 Å². The molecule has 2 heterocycles. The fourth-order valence-corrected chi connectivity index (χ4v) is 3.83. The van der Waals surface area contributed by atoms with Crippen LogP contribution in [0.2, 0.25) is 0 Å². The van der Waals surface area contributed by atoms with E-state index >= 15 is 0 Å². The molecule has 1 saturated heterocycles. The van der Waals surface area contributed by atoms with Gasteiger partial charge in [0.1, 0.15) is 23.7 Å². The molecule has 1 fully saturated rings. The van der Waals surface area contributed by atoms with Crippen LogP contribution in [0.1, 0.15) is 28.4 Å². The van der Waals surface area contributed by atoms with E-state index in [1.807, 2.05) is 43.0 Å². The highest BCUT2D eigenvalue weighted by atomic mass is 19.1. The number of nitrogens with zero attached hydrogens (tertiary/aromatic N) is 4. The second kappa shape index (κ2) is 8.71. The highest BCUT2D eigenvalue weighted by molar-refractivity contribution is 5.96. The molecule has 0 N–H and O–H groups in total. The number of rotatable bonds is 4. The van der Waals surface area contributed by atoms with Crippen molar-refractivity contribution in [1.82, 2.24) is 14.9 Å². The van der Waals surface area contributed by atoms with Gasteiger partial charge in [-0.3, -0.25) is 4.79 Å². The van der Waals surface area contributed by atoms with Crippen LogP contribution in [0.4, 0.5) is 10.2 Å². The summed E-state index contributed by atoms with van der Waals surface area (Å²) in [5.41, 5.74) is 2.42. The normalized spacial score (nSPS) is 16.3. The Morgan fingerprint density at radius 2 is 1.87 bits per heavy atom. The Balaban J connectivity index is 1.46. The quantitative estimate of drug-likeness (QED) is 0.627. The maximum absolute atomic E-state index is 13.3. The number of hydrogen-bond donors (Lipinski definition) is 0. The van der Waals surface area contributed by atoms with Gasteiger partial charge in [-0.05, 0) is 56.2 Å². The zero-order valence-electron chi connectivity index (χ0n) is 17.9. The van der Waals surface area contributed by atoms with Crippen molar-refractivity contribution in [1.29, 1.82) is 0 Å². The Bertz CT molecular complexity index is 1100. The second-order valence-corrected chi connectivity index (χ2v) is 7.83. The van der Waals surface area contributed by atoms with Crippen molar-refractivity contribution >= 4 is 11.7 Å². The molecule has 2 aromatic carbocycles. The van der Waals surface area contributed by atoms with Crippen molar-refractivity contribution in [3.63, 3.8) is 0 Å². The minimum Gasteiger partial charge on any atom is -0.439 e. The highest BCUT2D eigenvalue weighted by Crippen LogP contribution is 2.27. The maximum Gasteiger partial charge on any atom is 0.254 e. The molecule has 1 unspecified atom stereocenters. The maximum atomic E-state index is 13.3. The van der Waals surface area contributed by atoms with Crippen LogP contribution in [0, 0.1) is 19.7 Å². The summed E-state index contributed by atoms with van der Waals surface area (Å²) in [5, 5.41) is 0. The number of carbonyl (C=O) groups excluding carboxylic acids is 1. The Morgan fingerprint density at radius 3 is 2.61 bits per heavy atom. The summed E-state index contributed by atoms with van der Waals surface area (Å²) in [4.78, 5) is 25.6. The molecule has 7 heteroatoms. The number of carbonyl (C=O) groups is 1. The predicted molar refractivity (Wildman–Crippen MR) is 117 cm³/mol. The summed E-state index contributed by atoms with van der Waals surface area (Å²) in [6.07, 6.45) is 1.46.